The van der Waals surface area contributed by atoms with Crippen molar-refractivity contribution >= 4 is 0 Å². The molecule has 2 nitrogen and oxygen atoms in total. The van der Waals surface area contributed by atoms with Gasteiger partial charge in [0.15, 0.2) is 0 Å². The fraction of sp³-hybridized carbons (Fsp3) is 0.625. The van der Waals surface area contributed by atoms with Gasteiger partial charge in [0.25, 0.3) is 0 Å². The van der Waals surface area contributed by atoms with Crippen LogP contribution in [0.3, 0.4) is 0 Å². The fourth-order valence-electron chi connectivity index (χ4n) is 2.46. The van der Waals surface area contributed by atoms with Gasteiger partial charge in [-0.3, -0.25) is 0 Å². The van der Waals surface area contributed by atoms with Crippen molar-refractivity contribution in [2.24, 2.45) is 11.8 Å². The minimum absolute atomic E-state index is 0.0890. The Morgan fingerprint density at radius 1 is 1.11 bits per heavy atom. The van der Waals surface area contributed by atoms with Crippen LogP contribution >= 0.6 is 0 Å². The molecule has 0 aliphatic heterocycles. The molecular formula is C16H26O2. The summed E-state index contributed by atoms with van der Waals surface area (Å²) in [6.07, 6.45) is 1.19. The Labute approximate surface area is 111 Å². The van der Waals surface area contributed by atoms with E-state index in [2.05, 4.69) is 20.8 Å². The number of aliphatic hydroxyl groups is 1. The van der Waals surface area contributed by atoms with E-state index in [0.717, 1.165) is 29.0 Å². The van der Waals surface area contributed by atoms with Crippen molar-refractivity contribution < 1.29 is 9.84 Å². The molecule has 0 fully saturated rings. The Bertz CT molecular complexity index is 360. The lowest BCUT2D eigenvalue weighted by atomic mass is 10.00. The second-order valence-corrected chi connectivity index (χ2v) is 5.76. The normalized spacial score (nSPS) is 12.8. The summed E-state index contributed by atoms with van der Waals surface area (Å²) in [5.41, 5.74) is 3.17. The minimum Gasteiger partial charge on any atom is -0.493 e. The largest absolute Gasteiger partial charge is 0.493 e. The van der Waals surface area contributed by atoms with E-state index in [9.17, 15) is 0 Å². The lowest BCUT2D eigenvalue weighted by Crippen LogP contribution is -2.12. The van der Waals surface area contributed by atoms with Crippen LogP contribution in [-0.2, 0) is 6.61 Å². The molecule has 0 bridgehead atoms. The molecular weight excluding hydrogens is 224 g/mol. The average molecular weight is 250 g/mol. The second-order valence-electron chi connectivity index (χ2n) is 5.76. The molecule has 1 unspecified atom stereocenters. The van der Waals surface area contributed by atoms with Crippen molar-refractivity contribution in [2.45, 2.75) is 47.6 Å². The molecule has 0 heterocycles. The first-order chi connectivity index (χ1) is 8.43. The molecule has 1 aromatic carbocycles. The van der Waals surface area contributed by atoms with Gasteiger partial charge in [-0.2, -0.15) is 0 Å². The van der Waals surface area contributed by atoms with E-state index in [4.69, 9.17) is 9.84 Å². The van der Waals surface area contributed by atoms with Crippen molar-refractivity contribution in [1.82, 2.24) is 0 Å². The van der Waals surface area contributed by atoms with Gasteiger partial charge in [0.2, 0.25) is 0 Å². The van der Waals surface area contributed by atoms with E-state index in [1.165, 1.54) is 6.42 Å². The molecule has 18 heavy (non-hydrogen) atoms. The quantitative estimate of drug-likeness (QED) is 0.830. The third kappa shape index (κ3) is 4.34. The zero-order valence-corrected chi connectivity index (χ0v) is 12.3. The van der Waals surface area contributed by atoms with Crippen LogP contribution in [0.1, 0.15) is 43.9 Å². The van der Waals surface area contributed by atoms with Crippen LogP contribution in [0, 0.1) is 25.7 Å². The van der Waals surface area contributed by atoms with E-state index in [1.54, 1.807) is 0 Å². The zero-order chi connectivity index (χ0) is 13.7. The van der Waals surface area contributed by atoms with E-state index in [0.29, 0.717) is 11.8 Å². The van der Waals surface area contributed by atoms with Gasteiger partial charge in [0, 0.05) is 0 Å². The fourth-order valence-corrected chi connectivity index (χ4v) is 2.46. The van der Waals surface area contributed by atoms with Gasteiger partial charge in [-0.1, -0.05) is 32.9 Å². The van der Waals surface area contributed by atoms with Crippen LogP contribution in [0.5, 0.6) is 5.75 Å². The summed E-state index contributed by atoms with van der Waals surface area (Å²) < 4.78 is 5.95. The van der Waals surface area contributed by atoms with Gasteiger partial charge >= 0.3 is 0 Å². The second kappa shape index (κ2) is 6.79. The predicted octanol–water partition coefficient (Wildman–Crippen LogP) is 3.86. The van der Waals surface area contributed by atoms with Crippen LogP contribution in [0.15, 0.2) is 12.1 Å². The molecule has 0 aliphatic rings. The lowest BCUT2D eigenvalue weighted by molar-refractivity contribution is 0.236. The topological polar surface area (TPSA) is 29.5 Å². The highest BCUT2D eigenvalue weighted by molar-refractivity contribution is 5.43. The smallest absolute Gasteiger partial charge is 0.125 e. The summed E-state index contributed by atoms with van der Waals surface area (Å²) in [5, 5.41) is 9.15. The highest BCUT2D eigenvalue weighted by atomic mass is 16.5. The number of hydrogen-bond acceptors (Lipinski definition) is 2. The van der Waals surface area contributed by atoms with Crippen LogP contribution in [-0.4, -0.2) is 11.7 Å². The molecule has 0 aromatic heterocycles. The van der Waals surface area contributed by atoms with Crippen molar-refractivity contribution in [3.05, 3.63) is 28.8 Å². The Morgan fingerprint density at radius 2 is 1.67 bits per heavy atom. The number of rotatable bonds is 6. The summed E-state index contributed by atoms with van der Waals surface area (Å²) in [5.74, 6) is 2.26. The molecule has 1 aromatic rings. The van der Waals surface area contributed by atoms with E-state index in [-0.39, 0.29) is 6.61 Å². The number of aryl methyl sites for hydroxylation is 2. The molecule has 0 aliphatic carbocycles. The first-order valence-electron chi connectivity index (χ1n) is 6.77. The number of hydrogen-bond donors (Lipinski definition) is 1. The lowest BCUT2D eigenvalue weighted by Gasteiger charge is -2.18. The van der Waals surface area contributed by atoms with E-state index in [1.807, 2.05) is 26.0 Å². The standard InChI is InChI=1S/C16H26O2/c1-11(2)6-12(3)10-18-16-13(4)7-15(9-17)8-14(16)5/h7-8,11-12,17H,6,9-10H2,1-5H3. The third-order valence-corrected chi connectivity index (χ3v) is 3.09. The van der Waals surface area contributed by atoms with Gasteiger partial charge in [-0.15, -0.1) is 0 Å². The summed E-state index contributed by atoms with van der Waals surface area (Å²) >= 11 is 0. The van der Waals surface area contributed by atoms with Crippen LogP contribution in [0.4, 0.5) is 0 Å². The maximum Gasteiger partial charge on any atom is 0.125 e. The van der Waals surface area contributed by atoms with Crippen molar-refractivity contribution in [1.29, 1.82) is 0 Å². The molecule has 0 saturated heterocycles. The van der Waals surface area contributed by atoms with Crippen LogP contribution in [0.25, 0.3) is 0 Å². The highest BCUT2D eigenvalue weighted by Crippen LogP contribution is 2.26. The molecule has 0 amide bonds. The average Bonchev–Trinajstić information content (AvgIpc) is 2.26. The monoisotopic (exact) mass is 250 g/mol. The minimum atomic E-state index is 0.0890. The molecule has 0 saturated carbocycles. The first kappa shape index (κ1) is 15.0. The Morgan fingerprint density at radius 3 is 2.11 bits per heavy atom. The predicted molar refractivity (Wildman–Crippen MR) is 76.0 cm³/mol. The number of ether oxygens (including phenoxy) is 1. The molecule has 2 heteroatoms. The maximum absolute atomic E-state index is 9.15. The Hall–Kier alpha value is -1.02. The van der Waals surface area contributed by atoms with Crippen molar-refractivity contribution in [3.63, 3.8) is 0 Å². The molecule has 1 rings (SSSR count). The zero-order valence-electron chi connectivity index (χ0n) is 12.3. The van der Waals surface area contributed by atoms with Gasteiger partial charge in [0.1, 0.15) is 5.75 Å². The SMILES string of the molecule is Cc1cc(CO)cc(C)c1OCC(C)CC(C)C. The van der Waals surface area contributed by atoms with Gasteiger partial charge in [0.05, 0.1) is 13.2 Å². The Balaban J connectivity index is 2.67. The highest BCUT2D eigenvalue weighted by Gasteiger charge is 2.10. The molecule has 102 valence electrons. The van der Waals surface area contributed by atoms with Crippen LogP contribution < -0.4 is 4.74 Å². The van der Waals surface area contributed by atoms with E-state index < -0.39 is 0 Å². The van der Waals surface area contributed by atoms with Gasteiger partial charge in [-0.25, -0.2) is 0 Å². The van der Waals surface area contributed by atoms with Crippen LogP contribution in [0.2, 0.25) is 0 Å². The molecule has 1 N–H and O–H groups in total. The summed E-state index contributed by atoms with van der Waals surface area (Å²) in [6.45, 7) is 11.6. The molecule has 1 atom stereocenters. The summed E-state index contributed by atoms with van der Waals surface area (Å²) in [4.78, 5) is 0. The molecule has 0 spiro atoms. The van der Waals surface area contributed by atoms with Gasteiger partial charge in [-0.05, 0) is 48.8 Å². The number of benzene rings is 1. The summed E-state index contributed by atoms with van der Waals surface area (Å²) in [6, 6.07) is 3.99. The van der Waals surface area contributed by atoms with Crippen molar-refractivity contribution in [2.75, 3.05) is 6.61 Å². The number of aliphatic hydroxyl groups excluding tert-OH is 1. The van der Waals surface area contributed by atoms with Crippen molar-refractivity contribution in [3.8, 4) is 5.75 Å². The van der Waals surface area contributed by atoms with Gasteiger partial charge < -0.3 is 9.84 Å². The third-order valence-electron chi connectivity index (χ3n) is 3.09. The Kier molecular flexibility index (Phi) is 5.67. The molecule has 0 radical (unpaired) electrons. The first-order valence-corrected chi connectivity index (χ1v) is 6.77. The summed E-state index contributed by atoms with van der Waals surface area (Å²) in [7, 11) is 0. The van der Waals surface area contributed by atoms with E-state index >= 15 is 0 Å². The maximum atomic E-state index is 9.15.